The van der Waals surface area contributed by atoms with Crippen LogP contribution in [0.1, 0.15) is 18.3 Å². The monoisotopic (exact) mass is 394 g/mol. The van der Waals surface area contributed by atoms with Crippen LogP contribution < -0.4 is 15.5 Å². The zero-order chi connectivity index (χ0) is 20.1. The van der Waals surface area contributed by atoms with Crippen molar-refractivity contribution in [3.8, 4) is 0 Å². The van der Waals surface area contributed by atoms with Crippen molar-refractivity contribution in [2.24, 2.45) is 0 Å². The van der Waals surface area contributed by atoms with Gasteiger partial charge in [0.25, 0.3) is 0 Å². The number of hydrogen-bond acceptors (Lipinski definition) is 6. The Kier molecular flexibility index (Phi) is 4.13. The van der Waals surface area contributed by atoms with Gasteiger partial charge in [-0.05, 0) is 32.9 Å². The third-order valence-corrected chi connectivity index (χ3v) is 5.31. The molecule has 0 bridgehead atoms. The predicted octanol–water partition coefficient (Wildman–Crippen LogP) is 2.90. The lowest BCUT2D eigenvalue weighted by atomic mass is 10.1. The van der Waals surface area contributed by atoms with E-state index in [2.05, 4.69) is 42.6 Å². The second-order valence-electron chi connectivity index (χ2n) is 7.67. The molecule has 0 spiro atoms. The first kappa shape index (κ1) is 17.9. The number of anilines is 3. The summed E-state index contributed by atoms with van der Waals surface area (Å²) in [4.78, 5) is 11.2. The fraction of sp³-hybridized carbons (Fsp3) is 0.350. The highest BCUT2D eigenvalue weighted by atomic mass is 19.1. The summed E-state index contributed by atoms with van der Waals surface area (Å²) in [5, 5.41) is 14.2. The molecule has 0 saturated carbocycles. The average molecular weight is 394 g/mol. The summed E-state index contributed by atoms with van der Waals surface area (Å²) in [7, 11) is 0. The summed E-state index contributed by atoms with van der Waals surface area (Å²) in [5.74, 6) is 0.692. The van der Waals surface area contributed by atoms with Gasteiger partial charge < -0.3 is 19.9 Å². The Labute approximate surface area is 167 Å². The van der Waals surface area contributed by atoms with Gasteiger partial charge in [-0.15, -0.1) is 0 Å². The molecule has 0 radical (unpaired) electrons. The van der Waals surface area contributed by atoms with Crippen molar-refractivity contribution in [2.45, 2.75) is 26.8 Å². The zero-order valence-electron chi connectivity index (χ0n) is 16.6. The van der Waals surface area contributed by atoms with E-state index >= 15 is 4.39 Å². The van der Waals surface area contributed by atoms with Gasteiger partial charge in [-0.3, -0.25) is 5.10 Å². The molecule has 4 heterocycles. The molecule has 9 heteroatoms. The van der Waals surface area contributed by atoms with E-state index in [0.717, 1.165) is 42.4 Å². The van der Waals surface area contributed by atoms with E-state index in [1.165, 1.54) is 0 Å². The van der Waals surface area contributed by atoms with Crippen molar-refractivity contribution in [1.82, 2.24) is 29.9 Å². The van der Waals surface area contributed by atoms with Crippen LogP contribution in [0.5, 0.6) is 0 Å². The second kappa shape index (κ2) is 6.70. The lowest BCUT2D eigenvalue weighted by molar-refractivity contribution is 0.484. The zero-order valence-corrected chi connectivity index (χ0v) is 16.6. The summed E-state index contributed by atoms with van der Waals surface area (Å²) < 4.78 is 17.0. The third kappa shape index (κ3) is 3.17. The van der Waals surface area contributed by atoms with Crippen molar-refractivity contribution in [3.63, 3.8) is 0 Å². The van der Waals surface area contributed by atoms with Gasteiger partial charge in [0.05, 0.1) is 28.5 Å². The minimum atomic E-state index is -0.309. The molecule has 1 saturated heterocycles. The van der Waals surface area contributed by atoms with Crippen LogP contribution >= 0.6 is 0 Å². The summed E-state index contributed by atoms with van der Waals surface area (Å²) >= 11 is 0. The number of aromatic nitrogens is 5. The fourth-order valence-electron chi connectivity index (χ4n) is 3.99. The fourth-order valence-corrected chi connectivity index (χ4v) is 3.99. The van der Waals surface area contributed by atoms with E-state index in [9.17, 15) is 0 Å². The molecule has 150 valence electrons. The van der Waals surface area contributed by atoms with E-state index in [0.29, 0.717) is 28.6 Å². The Balaban J connectivity index is 1.50. The molecule has 1 aliphatic rings. The first-order chi connectivity index (χ1) is 14.0. The number of benzene rings is 1. The van der Waals surface area contributed by atoms with Gasteiger partial charge in [0.15, 0.2) is 11.5 Å². The molecule has 0 amide bonds. The van der Waals surface area contributed by atoms with E-state index in [1.54, 1.807) is 6.07 Å². The SMILES string of the molecule is Cc1cn2cc(Nc3n[nH]c4cc(N5CCNC(C)C5)cc(F)c34)nc(C)c2n1. The topological polar surface area (TPSA) is 86.2 Å². The van der Waals surface area contributed by atoms with E-state index in [-0.39, 0.29) is 5.82 Å². The Morgan fingerprint density at radius 2 is 2.07 bits per heavy atom. The highest BCUT2D eigenvalue weighted by Gasteiger charge is 2.20. The van der Waals surface area contributed by atoms with Gasteiger partial charge in [-0.1, -0.05) is 0 Å². The highest BCUT2D eigenvalue weighted by molar-refractivity contribution is 5.93. The number of hydrogen-bond donors (Lipinski definition) is 3. The lowest BCUT2D eigenvalue weighted by Gasteiger charge is -2.33. The maximum Gasteiger partial charge on any atom is 0.164 e. The number of fused-ring (bicyclic) bond motifs is 2. The van der Waals surface area contributed by atoms with Crippen molar-refractivity contribution in [3.05, 3.63) is 41.7 Å². The van der Waals surface area contributed by atoms with Crippen LogP contribution in [0.15, 0.2) is 24.5 Å². The Morgan fingerprint density at radius 1 is 1.21 bits per heavy atom. The second-order valence-corrected chi connectivity index (χ2v) is 7.67. The van der Waals surface area contributed by atoms with Crippen LogP contribution in [-0.2, 0) is 0 Å². The number of aromatic amines is 1. The van der Waals surface area contributed by atoms with Crippen LogP contribution in [-0.4, -0.2) is 50.2 Å². The van der Waals surface area contributed by atoms with E-state index in [1.807, 2.05) is 36.7 Å². The molecule has 4 aromatic rings. The van der Waals surface area contributed by atoms with Gasteiger partial charge >= 0.3 is 0 Å². The van der Waals surface area contributed by atoms with Crippen LogP contribution in [0.2, 0.25) is 0 Å². The van der Waals surface area contributed by atoms with Gasteiger partial charge in [-0.25, -0.2) is 14.4 Å². The van der Waals surface area contributed by atoms with Crippen LogP contribution in [0, 0.1) is 19.7 Å². The summed E-state index contributed by atoms with van der Waals surface area (Å²) in [6, 6.07) is 3.91. The number of H-pyrrole nitrogens is 1. The number of imidazole rings is 1. The molecule has 1 unspecified atom stereocenters. The summed E-state index contributed by atoms with van der Waals surface area (Å²) in [6.07, 6.45) is 3.76. The smallest absolute Gasteiger partial charge is 0.164 e. The summed E-state index contributed by atoms with van der Waals surface area (Å²) in [6.45, 7) is 8.55. The largest absolute Gasteiger partial charge is 0.369 e. The molecule has 3 N–H and O–H groups in total. The number of piperazine rings is 1. The van der Waals surface area contributed by atoms with Crippen molar-refractivity contribution in [1.29, 1.82) is 0 Å². The Morgan fingerprint density at radius 3 is 2.90 bits per heavy atom. The minimum absolute atomic E-state index is 0.309. The quantitative estimate of drug-likeness (QED) is 0.495. The van der Waals surface area contributed by atoms with Gasteiger partial charge in [-0.2, -0.15) is 5.10 Å². The predicted molar refractivity (Wildman–Crippen MR) is 111 cm³/mol. The standard InChI is InChI=1S/C20H23FN8/c1-11-8-28(5-4-22-11)14-6-15(21)18-16(7-14)26-27-19(18)25-17-10-29-9-12(2)23-20(29)13(3)24-17/h6-7,9-11,22H,4-5,8H2,1-3H3,(H2,25,26,27). The summed E-state index contributed by atoms with van der Waals surface area (Å²) in [5.41, 5.74) is 4.03. The third-order valence-electron chi connectivity index (χ3n) is 5.31. The average Bonchev–Trinajstić information content (AvgIpc) is 3.25. The first-order valence-corrected chi connectivity index (χ1v) is 9.74. The number of rotatable bonds is 3. The molecule has 1 aliphatic heterocycles. The molecule has 1 aromatic carbocycles. The molecular formula is C20H23FN8. The molecule has 0 aliphatic carbocycles. The molecule has 3 aromatic heterocycles. The molecule has 29 heavy (non-hydrogen) atoms. The molecule has 5 rings (SSSR count). The van der Waals surface area contributed by atoms with Gasteiger partial charge in [0, 0.05) is 37.6 Å². The van der Waals surface area contributed by atoms with E-state index < -0.39 is 0 Å². The normalized spacial score (nSPS) is 17.4. The van der Waals surface area contributed by atoms with Crippen molar-refractivity contribution < 1.29 is 4.39 Å². The van der Waals surface area contributed by atoms with Crippen LogP contribution in [0.25, 0.3) is 16.6 Å². The number of nitrogens with one attached hydrogen (secondary N) is 3. The van der Waals surface area contributed by atoms with Gasteiger partial charge in [0.2, 0.25) is 0 Å². The number of nitrogens with zero attached hydrogens (tertiary/aromatic N) is 5. The highest BCUT2D eigenvalue weighted by Crippen LogP contribution is 2.31. The number of aryl methyl sites for hydroxylation is 2. The van der Waals surface area contributed by atoms with Gasteiger partial charge in [0.1, 0.15) is 11.6 Å². The molecule has 1 fully saturated rings. The maximum absolute atomic E-state index is 15.1. The number of halogens is 1. The first-order valence-electron chi connectivity index (χ1n) is 9.74. The van der Waals surface area contributed by atoms with E-state index in [4.69, 9.17) is 0 Å². The van der Waals surface area contributed by atoms with Crippen LogP contribution in [0.4, 0.5) is 21.7 Å². The lowest BCUT2D eigenvalue weighted by Crippen LogP contribution is -2.49. The Bertz CT molecular complexity index is 1210. The maximum atomic E-state index is 15.1. The minimum Gasteiger partial charge on any atom is -0.369 e. The molecule has 8 nitrogen and oxygen atoms in total. The molecular weight excluding hydrogens is 371 g/mol. The van der Waals surface area contributed by atoms with Crippen molar-refractivity contribution >= 4 is 33.9 Å². The Hall–Kier alpha value is -3.20. The van der Waals surface area contributed by atoms with Crippen molar-refractivity contribution in [2.75, 3.05) is 29.9 Å². The van der Waals surface area contributed by atoms with Crippen LogP contribution in [0.3, 0.4) is 0 Å². The molecule has 1 atom stereocenters.